The Kier molecular flexibility index (Phi) is 5.23. The summed E-state index contributed by atoms with van der Waals surface area (Å²) in [5, 5.41) is 6.48. The number of hydrogen-bond donors (Lipinski definition) is 2. The number of rotatable bonds is 2. The van der Waals surface area contributed by atoms with Gasteiger partial charge in [-0.05, 0) is 29.4 Å². The summed E-state index contributed by atoms with van der Waals surface area (Å²) < 4.78 is 0. The summed E-state index contributed by atoms with van der Waals surface area (Å²) >= 11 is 1.79. The minimum absolute atomic E-state index is 0. The second kappa shape index (κ2) is 6.59. The highest BCUT2D eigenvalue weighted by Crippen LogP contribution is 2.41. The van der Waals surface area contributed by atoms with E-state index < -0.39 is 0 Å². The third kappa shape index (κ3) is 3.38. The monoisotopic (exact) mass is 326 g/mol. The first kappa shape index (κ1) is 16.7. The van der Waals surface area contributed by atoms with Crippen LogP contribution in [0.5, 0.6) is 0 Å². The van der Waals surface area contributed by atoms with Crippen molar-refractivity contribution in [3.63, 3.8) is 0 Å². The predicted octanol–water partition coefficient (Wildman–Crippen LogP) is 3.00. The Morgan fingerprint density at radius 3 is 2.86 bits per heavy atom. The molecular formula is C16H23ClN2OS. The number of amides is 1. The molecule has 21 heavy (non-hydrogen) atoms. The van der Waals surface area contributed by atoms with Gasteiger partial charge in [0.25, 0.3) is 0 Å². The van der Waals surface area contributed by atoms with E-state index in [1.54, 1.807) is 11.8 Å². The fraction of sp³-hybridized carbons (Fsp3) is 0.562. The van der Waals surface area contributed by atoms with Crippen molar-refractivity contribution < 1.29 is 4.79 Å². The molecule has 3 nitrogen and oxygen atoms in total. The van der Waals surface area contributed by atoms with Crippen molar-refractivity contribution in [2.24, 2.45) is 0 Å². The zero-order valence-corrected chi connectivity index (χ0v) is 14.2. The predicted molar refractivity (Wildman–Crippen MR) is 91.1 cm³/mol. The van der Waals surface area contributed by atoms with Gasteiger partial charge in [-0.25, -0.2) is 0 Å². The first-order valence-electron chi connectivity index (χ1n) is 7.29. The van der Waals surface area contributed by atoms with Gasteiger partial charge in [0, 0.05) is 11.6 Å². The topological polar surface area (TPSA) is 41.1 Å². The van der Waals surface area contributed by atoms with Crippen LogP contribution >= 0.6 is 24.2 Å². The van der Waals surface area contributed by atoms with Crippen molar-refractivity contribution in [3.05, 3.63) is 35.4 Å². The summed E-state index contributed by atoms with van der Waals surface area (Å²) in [6.45, 7) is 4.58. The van der Waals surface area contributed by atoms with E-state index in [0.29, 0.717) is 0 Å². The van der Waals surface area contributed by atoms with Gasteiger partial charge in [0.15, 0.2) is 0 Å². The van der Waals surface area contributed by atoms with Crippen molar-refractivity contribution in [1.82, 2.24) is 10.6 Å². The molecule has 2 aliphatic rings. The number of hydrogen-bond acceptors (Lipinski definition) is 3. The highest BCUT2D eigenvalue weighted by atomic mass is 35.5. The van der Waals surface area contributed by atoms with Gasteiger partial charge >= 0.3 is 0 Å². The van der Waals surface area contributed by atoms with Crippen LogP contribution in [0.4, 0.5) is 0 Å². The van der Waals surface area contributed by atoms with E-state index in [0.717, 1.165) is 24.5 Å². The van der Waals surface area contributed by atoms with E-state index in [1.165, 1.54) is 11.1 Å². The van der Waals surface area contributed by atoms with Crippen LogP contribution < -0.4 is 10.6 Å². The normalized spacial score (nSPS) is 26.6. The van der Waals surface area contributed by atoms with Crippen LogP contribution in [0, 0.1) is 0 Å². The van der Waals surface area contributed by atoms with E-state index in [9.17, 15) is 4.79 Å². The molecule has 0 bridgehead atoms. The summed E-state index contributed by atoms with van der Waals surface area (Å²) in [4.78, 5) is 12.3. The Bertz CT molecular complexity index is 515. The van der Waals surface area contributed by atoms with Crippen molar-refractivity contribution in [1.29, 1.82) is 0 Å². The molecule has 2 unspecified atom stereocenters. The second-order valence-corrected chi connectivity index (χ2v) is 7.37. The van der Waals surface area contributed by atoms with Gasteiger partial charge in [-0.15, -0.1) is 24.2 Å². The van der Waals surface area contributed by atoms with Crippen LogP contribution in [0.1, 0.15) is 43.9 Å². The molecular weight excluding hydrogens is 304 g/mol. The maximum Gasteiger partial charge on any atom is 0.238 e. The first-order chi connectivity index (χ1) is 9.58. The number of carbonyl (C=O) groups excluding carboxylic acids is 1. The molecule has 0 saturated carbocycles. The number of carbonyl (C=O) groups is 1. The Morgan fingerprint density at radius 2 is 2.14 bits per heavy atom. The third-order valence-electron chi connectivity index (χ3n) is 4.47. The molecule has 116 valence electrons. The summed E-state index contributed by atoms with van der Waals surface area (Å²) in [6, 6.07) is 8.68. The van der Waals surface area contributed by atoms with Crippen LogP contribution in [0.3, 0.4) is 0 Å². The van der Waals surface area contributed by atoms with Crippen molar-refractivity contribution in [2.45, 2.75) is 44.2 Å². The summed E-state index contributed by atoms with van der Waals surface area (Å²) in [6.07, 6.45) is 2.14. The molecule has 1 amide bonds. The molecule has 1 aliphatic heterocycles. The highest BCUT2D eigenvalue weighted by Gasteiger charge is 2.34. The van der Waals surface area contributed by atoms with Gasteiger partial charge in [0.1, 0.15) is 0 Å². The van der Waals surface area contributed by atoms with E-state index in [2.05, 4.69) is 48.7 Å². The number of fused-ring (bicyclic) bond motifs is 1. The molecule has 1 saturated heterocycles. The average Bonchev–Trinajstić information content (AvgIpc) is 2.96. The number of thioether (sulfide) groups is 1. The average molecular weight is 327 g/mol. The lowest BCUT2D eigenvalue weighted by Gasteiger charge is -2.37. The fourth-order valence-electron chi connectivity index (χ4n) is 3.20. The van der Waals surface area contributed by atoms with Crippen LogP contribution in [0.15, 0.2) is 24.3 Å². The lowest BCUT2D eigenvalue weighted by Crippen LogP contribution is -2.45. The summed E-state index contributed by atoms with van der Waals surface area (Å²) in [7, 11) is 0. The Balaban J connectivity index is 0.00000161. The van der Waals surface area contributed by atoms with Gasteiger partial charge in [0.05, 0.1) is 12.1 Å². The van der Waals surface area contributed by atoms with Crippen LogP contribution in [0.2, 0.25) is 0 Å². The van der Waals surface area contributed by atoms with E-state index in [4.69, 9.17) is 0 Å². The van der Waals surface area contributed by atoms with Gasteiger partial charge < -0.3 is 5.32 Å². The highest BCUT2D eigenvalue weighted by molar-refractivity contribution is 7.99. The molecule has 3 rings (SSSR count). The standard InChI is InChI=1S/C16H22N2OS.ClH/c1-16(2)8-7-13(11-5-3-4-6-12(11)16)18-15(19)14-9-20-10-17-14;/h3-6,13-14,17H,7-10H2,1-2H3,(H,18,19);1H. The van der Waals surface area contributed by atoms with Crippen LogP contribution in [-0.4, -0.2) is 23.6 Å². The molecule has 2 atom stereocenters. The zero-order valence-electron chi connectivity index (χ0n) is 12.5. The van der Waals surface area contributed by atoms with Gasteiger partial charge in [-0.2, -0.15) is 0 Å². The molecule has 0 radical (unpaired) electrons. The first-order valence-corrected chi connectivity index (χ1v) is 8.44. The fourth-order valence-corrected chi connectivity index (χ4v) is 4.14. The molecule has 1 fully saturated rings. The molecule has 1 heterocycles. The lowest BCUT2D eigenvalue weighted by molar-refractivity contribution is -0.123. The smallest absolute Gasteiger partial charge is 0.238 e. The molecule has 1 aliphatic carbocycles. The zero-order chi connectivity index (χ0) is 14.2. The third-order valence-corrected chi connectivity index (χ3v) is 5.41. The van der Waals surface area contributed by atoms with E-state index >= 15 is 0 Å². The molecule has 0 aromatic heterocycles. The minimum atomic E-state index is -0.0258. The second-order valence-electron chi connectivity index (χ2n) is 6.34. The minimum Gasteiger partial charge on any atom is -0.348 e. The largest absolute Gasteiger partial charge is 0.348 e. The SMILES string of the molecule is CC1(C)CCC(NC(=O)C2CSCN2)c2ccccc21.Cl. The number of benzene rings is 1. The maximum absolute atomic E-state index is 12.3. The molecule has 5 heteroatoms. The maximum atomic E-state index is 12.3. The van der Waals surface area contributed by atoms with Crippen molar-refractivity contribution in [3.8, 4) is 0 Å². The number of nitrogens with one attached hydrogen (secondary N) is 2. The van der Waals surface area contributed by atoms with Crippen LogP contribution in [0.25, 0.3) is 0 Å². The van der Waals surface area contributed by atoms with Crippen molar-refractivity contribution in [2.75, 3.05) is 11.6 Å². The quantitative estimate of drug-likeness (QED) is 0.878. The summed E-state index contributed by atoms with van der Waals surface area (Å²) in [5.41, 5.74) is 2.88. The molecule has 0 spiro atoms. The van der Waals surface area contributed by atoms with Gasteiger partial charge in [0.2, 0.25) is 5.91 Å². The lowest BCUT2D eigenvalue weighted by atomic mass is 9.71. The Hall–Kier alpha value is -0.710. The van der Waals surface area contributed by atoms with Gasteiger partial charge in [-0.3, -0.25) is 10.1 Å². The molecule has 1 aromatic rings. The Labute approximate surface area is 137 Å². The van der Waals surface area contributed by atoms with Crippen molar-refractivity contribution >= 4 is 30.1 Å². The van der Waals surface area contributed by atoms with E-state index in [1.807, 2.05) is 0 Å². The molecule has 2 N–H and O–H groups in total. The summed E-state index contributed by atoms with van der Waals surface area (Å²) in [5.74, 6) is 1.91. The number of halogens is 1. The van der Waals surface area contributed by atoms with Gasteiger partial charge in [-0.1, -0.05) is 38.1 Å². The molecule has 1 aromatic carbocycles. The van der Waals surface area contributed by atoms with Crippen LogP contribution in [-0.2, 0) is 10.2 Å². The Morgan fingerprint density at radius 1 is 1.38 bits per heavy atom. The van der Waals surface area contributed by atoms with E-state index in [-0.39, 0.29) is 35.8 Å².